The number of nitrogens with one attached hydrogen (secondary N) is 2. The number of hydrogen-bond acceptors (Lipinski definition) is 5. The van der Waals surface area contributed by atoms with Crippen LogP contribution in [0.4, 0.5) is 5.69 Å². The number of thiazole rings is 1. The molecule has 2 heterocycles. The van der Waals surface area contributed by atoms with E-state index in [0.717, 1.165) is 22.0 Å². The van der Waals surface area contributed by atoms with Crippen molar-refractivity contribution in [2.24, 2.45) is 0 Å². The monoisotopic (exact) mass is 387 g/mol. The first kappa shape index (κ1) is 16.8. The van der Waals surface area contributed by atoms with Crippen LogP contribution in [0.25, 0.3) is 22.0 Å². The molecule has 0 bridgehead atoms. The Bertz CT molecular complexity index is 1130. The lowest BCUT2D eigenvalue weighted by molar-refractivity contribution is 0.102. The van der Waals surface area contributed by atoms with Crippen molar-refractivity contribution < 1.29 is 4.79 Å². The minimum absolute atomic E-state index is 0.232. The predicted octanol–water partition coefficient (Wildman–Crippen LogP) is 4.72. The first-order chi connectivity index (χ1) is 13.8. The van der Waals surface area contributed by atoms with Crippen LogP contribution < -0.4 is 5.32 Å². The second-order valence-electron chi connectivity index (χ2n) is 6.76. The lowest BCUT2D eigenvalue weighted by Crippen LogP contribution is -2.12. The summed E-state index contributed by atoms with van der Waals surface area (Å²) in [6.07, 6.45) is 2.34. The van der Waals surface area contributed by atoms with Gasteiger partial charge in [0.1, 0.15) is 16.5 Å². The second kappa shape index (κ2) is 7.01. The van der Waals surface area contributed by atoms with Gasteiger partial charge >= 0.3 is 0 Å². The molecule has 0 radical (unpaired) electrons. The lowest BCUT2D eigenvalue weighted by atomic mass is 10.2. The Hall–Kier alpha value is -3.32. The van der Waals surface area contributed by atoms with Crippen molar-refractivity contribution in [3.63, 3.8) is 0 Å². The second-order valence-corrected chi connectivity index (χ2v) is 7.62. The highest BCUT2D eigenvalue weighted by Crippen LogP contribution is 2.38. The van der Waals surface area contributed by atoms with Crippen LogP contribution in [-0.2, 0) is 0 Å². The third-order valence-electron chi connectivity index (χ3n) is 4.60. The Morgan fingerprint density at radius 1 is 1.04 bits per heavy atom. The molecule has 0 saturated heterocycles. The van der Waals surface area contributed by atoms with Gasteiger partial charge in [-0.25, -0.2) is 9.97 Å². The fourth-order valence-corrected chi connectivity index (χ4v) is 3.77. The highest BCUT2D eigenvalue weighted by atomic mass is 32.1. The van der Waals surface area contributed by atoms with Crippen LogP contribution in [0.3, 0.4) is 0 Å². The molecule has 0 atom stereocenters. The zero-order valence-electron chi connectivity index (χ0n) is 14.9. The molecule has 1 saturated carbocycles. The molecule has 4 aromatic rings. The van der Waals surface area contributed by atoms with Gasteiger partial charge in [0.2, 0.25) is 0 Å². The molecular weight excluding hydrogens is 370 g/mol. The molecule has 6 nitrogen and oxygen atoms in total. The van der Waals surface area contributed by atoms with E-state index in [1.165, 1.54) is 24.2 Å². The van der Waals surface area contributed by atoms with Crippen LogP contribution in [0.2, 0.25) is 0 Å². The van der Waals surface area contributed by atoms with E-state index in [4.69, 9.17) is 0 Å². The Labute approximate surface area is 165 Å². The predicted molar refractivity (Wildman–Crippen MR) is 109 cm³/mol. The standard InChI is InChI=1S/C21H17N5OS/c27-20(17-12-28-21(23-17)14-5-2-1-3-6-14)22-16-8-4-7-15(11-16)19-24-18(25-26-19)13-9-10-13/h1-8,11-13H,9-10H2,(H,22,27)(H,24,25,26). The number of nitrogens with zero attached hydrogens (tertiary/aromatic N) is 3. The number of H-pyrrole nitrogens is 1. The van der Waals surface area contributed by atoms with Crippen LogP contribution >= 0.6 is 11.3 Å². The molecular formula is C21H17N5OS. The molecule has 7 heteroatoms. The summed E-state index contributed by atoms with van der Waals surface area (Å²) in [6.45, 7) is 0. The SMILES string of the molecule is O=C(Nc1cccc(-c2n[nH]c(C3CC3)n2)c1)c1csc(-c2ccccc2)n1. The summed E-state index contributed by atoms with van der Waals surface area (Å²) in [5, 5.41) is 12.8. The van der Waals surface area contributed by atoms with Gasteiger partial charge in [-0.2, -0.15) is 5.10 Å². The highest BCUT2D eigenvalue weighted by molar-refractivity contribution is 7.13. The van der Waals surface area contributed by atoms with Crippen molar-refractivity contribution in [1.29, 1.82) is 0 Å². The molecule has 2 N–H and O–H groups in total. The van der Waals surface area contributed by atoms with E-state index in [1.54, 1.807) is 5.38 Å². The average molecular weight is 387 g/mol. The molecule has 1 fully saturated rings. The molecule has 138 valence electrons. The van der Waals surface area contributed by atoms with Crippen molar-refractivity contribution in [1.82, 2.24) is 20.2 Å². The molecule has 28 heavy (non-hydrogen) atoms. The van der Waals surface area contributed by atoms with Crippen LogP contribution in [0.5, 0.6) is 0 Å². The zero-order chi connectivity index (χ0) is 18.9. The van der Waals surface area contributed by atoms with Gasteiger partial charge in [0, 0.05) is 28.1 Å². The van der Waals surface area contributed by atoms with E-state index in [2.05, 4.69) is 25.5 Å². The molecule has 1 amide bonds. The maximum Gasteiger partial charge on any atom is 0.275 e. The van der Waals surface area contributed by atoms with E-state index in [1.807, 2.05) is 54.6 Å². The number of benzene rings is 2. The average Bonchev–Trinajstić information content (AvgIpc) is 3.26. The summed E-state index contributed by atoms with van der Waals surface area (Å²) >= 11 is 1.46. The van der Waals surface area contributed by atoms with E-state index in [0.29, 0.717) is 23.1 Å². The van der Waals surface area contributed by atoms with E-state index in [9.17, 15) is 4.79 Å². The number of carbonyl (C=O) groups excluding carboxylic acids is 1. The van der Waals surface area contributed by atoms with Crippen LogP contribution in [-0.4, -0.2) is 26.1 Å². The maximum absolute atomic E-state index is 12.6. The maximum atomic E-state index is 12.6. The van der Waals surface area contributed by atoms with Crippen LogP contribution in [0.1, 0.15) is 35.1 Å². The minimum atomic E-state index is -0.232. The molecule has 1 aliphatic rings. The molecule has 5 rings (SSSR count). The Morgan fingerprint density at radius 3 is 2.68 bits per heavy atom. The Balaban J connectivity index is 1.33. The number of carbonyl (C=O) groups is 1. The molecule has 0 spiro atoms. The number of hydrogen-bond donors (Lipinski definition) is 2. The summed E-state index contributed by atoms with van der Waals surface area (Å²) < 4.78 is 0. The first-order valence-corrected chi connectivity index (χ1v) is 9.99. The highest BCUT2D eigenvalue weighted by Gasteiger charge is 2.27. The summed E-state index contributed by atoms with van der Waals surface area (Å²) in [6, 6.07) is 17.4. The summed E-state index contributed by atoms with van der Waals surface area (Å²) in [4.78, 5) is 21.6. The van der Waals surface area contributed by atoms with E-state index in [-0.39, 0.29) is 5.91 Å². The molecule has 2 aromatic heterocycles. The summed E-state index contributed by atoms with van der Waals surface area (Å²) in [7, 11) is 0. The van der Waals surface area contributed by atoms with Crippen molar-refractivity contribution in [2.75, 3.05) is 5.32 Å². The number of aromatic amines is 1. The van der Waals surface area contributed by atoms with Gasteiger partial charge in [-0.15, -0.1) is 11.3 Å². The molecule has 1 aliphatic carbocycles. The van der Waals surface area contributed by atoms with Gasteiger partial charge in [0.15, 0.2) is 5.82 Å². The van der Waals surface area contributed by atoms with Crippen molar-refractivity contribution in [3.8, 4) is 22.0 Å². The largest absolute Gasteiger partial charge is 0.321 e. The Kier molecular flexibility index (Phi) is 4.21. The topological polar surface area (TPSA) is 83.6 Å². The smallest absolute Gasteiger partial charge is 0.275 e. The van der Waals surface area contributed by atoms with Gasteiger partial charge in [-0.05, 0) is 25.0 Å². The third-order valence-corrected chi connectivity index (χ3v) is 5.49. The normalized spacial score (nSPS) is 13.4. The zero-order valence-corrected chi connectivity index (χ0v) is 15.7. The fourth-order valence-electron chi connectivity index (χ4n) is 2.97. The van der Waals surface area contributed by atoms with E-state index < -0.39 is 0 Å². The number of aromatic nitrogens is 4. The molecule has 2 aromatic carbocycles. The van der Waals surface area contributed by atoms with Gasteiger partial charge in [-0.3, -0.25) is 9.89 Å². The van der Waals surface area contributed by atoms with Gasteiger partial charge in [-0.1, -0.05) is 42.5 Å². The van der Waals surface area contributed by atoms with Gasteiger partial charge < -0.3 is 5.32 Å². The van der Waals surface area contributed by atoms with Crippen molar-refractivity contribution >= 4 is 22.9 Å². The fraction of sp³-hybridized carbons (Fsp3) is 0.143. The Morgan fingerprint density at radius 2 is 1.86 bits per heavy atom. The molecule has 0 unspecified atom stereocenters. The lowest BCUT2D eigenvalue weighted by Gasteiger charge is -2.04. The quantitative estimate of drug-likeness (QED) is 0.519. The number of anilines is 1. The third kappa shape index (κ3) is 3.44. The van der Waals surface area contributed by atoms with Crippen molar-refractivity contribution in [3.05, 3.63) is 71.5 Å². The summed E-state index contributed by atoms with van der Waals surface area (Å²) in [5.41, 5.74) is 2.96. The first-order valence-electron chi connectivity index (χ1n) is 9.11. The van der Waals surface area contributed by atoms with Crippen molar-refractivity contribution in [2.45, 2.75) is 18.8 Å². The number of amides is 1. The van der Waals surface area contributed by atoms with E-state index >= 15 is 0 Å². The summed E-state index contributed by atoms with van der Waals surface area (Å²) in [5.74, 6) is 1.88. The minimum Gasteiger partial charge on any atom is -0.321 e. The van der Waals surface area contributed by atoms with Crippen LogP contribution in [0.15, 0.2) is 60.0 Å². The molecule has 0 aliphatic heterocycles. The van der Waals surface area contributed by atoms with Gasteiger partial charge in [0.05, 0.1) is 0 Å². The van der Waals surface area contributed by atoms with Gasteiger partial charge in [0.25, 0.3) is 5.91 Å². The van der Waals surface area contributed by atoms with Crippen LogP contribution in [0, 0.1) is 0 Å². The number of rotatable bonds is 5.